The summed E-state index contributed by atoms with van der Waals surface area (Å²) in [5.41, 5.74) is 6.81. The summed E-state index contributed by atoms with van der Waals surface area (Å²) in [5.74, 6) is 1.35. The van der Waals surface area contributed by atoms with Gasteiger partial charge in [0.05, 0.1) is 13.7 Å². The lowest BCUT2D eigenvalue weighted by atomic mass is 9.66. The van der Waals surface area contributed by atoms with Crippen LogP contribution in [-0.4, -0.2) is 37.5 Å². The minimum Gasteiger partial charge on any atom is -0.497 e. The van der Waals surface area contributed by atoms with Gasteiger partial charge in [-0.25, -0.2) is 4.99 Å². The largest absolute Gasteiger partial charge is 0.497 e. The number of methoxy groups -OCH3 is 1. The molecule has 0 aliphatic carbocycles. The van der Waals surface area contributed by atoms with Gasteiger partial charge >= 0.3 is 0 Å². The van der Waals surface area contributed by atoms with Crippen molar-refractivity contribution in [1.82, 2.24) is 4.90 Å². The van der Waals surface area contributed by atoms with E-state index in [1.165, 1.54) is 4.90 Å². The molecular formula is C21H22ClN3O3. The predicted octanol–water partition coefficient (Wildman–Crippen LogP) is 3.42. The van der Waals surface area contributed by atoms with Crippen molar-refractivity contribution in [1.29, 1.82) is 0 Å². The molecule has 0 bridgehead atoms. The van der Waals surface area contributed by atoms with Gasteiger partial charge in [0.15, 0.2) is 11.5 Å². The predicted molar refractivity (Wildman–Crippen MR) is 109 cm³/mol. The molecule has 1 unspecified atom stereocenters. The number of hydrogen-bond acceptors (Lipinski definition) is 5. The molecule has 7 heteroatoms. The summed E-state index contributed by atoms with van der Waals surface area (Å²) in [6, 6.07) is 11.2. The Hall–Kier alpha value is -2.73. The summed E-state index contributed by atoms with van der Waals surface area (Å²) < 4.78 is 11.3. The Morgan fingerprint density at radius 1 is 1.21 bits per heavy atom. The van der Waals surface area contributed by atoms with E-state index in [1.807, 2.05) is 44.2 Å². The highest BCUT2D eigenvalue weighted by Crippen LogP contribution is 2.53. The Morgan fingerprint density at radius 3 is 2.61 bits per heavy atom. The van der Waals surface area contributed by atoms with Gasteiger partial charge in [0.2, 0.25) is 0 Å². The van der Waals surface area contributed by atoms with Crippen LogP contribution >= 0.6 is 11.6 Å². The van der Waals surface area contributed by atoms with Crippen molar-refractivity contribution < 1.29 is 14.3 Å². The van der Waals surface area contributed by atoms with E-state index in [2.05, 4.69) is 4.99 Å². The van der Waals surface area contributed by atoms with Crippen molar-refractivity contribution >= 4 is 23.5 Å². The first-order valence-corrected chi connectivity index (χ1v) is 9.33. The maximum absolute atomic E-state index is 13.3. The van der Waals surface area contributed by atoms with Gasteiger partial charge in [0.25, 0.3) is 5.91 Å². The van der Waals surface area contributed by atoms with Crippen molar-refractivity contribution in [3.8, 4) is 22.6 Å². The van der Waals surface area contributed by atoms with Crippen LogP contribution in [0.5, 0.6) is 11.5 Å². The third-order valence-corrected chi connectivity index (χ3v) is 5.84. The lowest BCUT2D eigenvalue weighted by Crippen LogP contribution is -2.53. The molecule has 4 rings (SSSR count). The Bertz CT molecular complexity index is 1020. The molecule has 2 aliphatic heterocycles. The molecule has 2 aromatic carbocycles. The zero-order valence-corrected chi connectivity index (χ0v) is 17.0. The Morgan fingerprint density at radius 2 is 1.96 bits per heavy atom. The summed E-state index contributed by atoms with van der Waals surface area (Å²) in [4.78, 5) is 19.4. The van der Waals surface area contributed by atoms with E-state index >= 15 is 0 Å². The minimum atomic E-state index is -1.13. The second-order valence-corrected chi connectivity index (χ2v) is 8.24. The number of halogens is 1. The van der Waals surface area contributed by atoms with Gasteiger partial charge in [-0.2, -0.15) is 0 Å². The van der Waals surface area contributed by atoms with Crippen molar-refractivity contribution in [3.63, 3.8) is 0 Å². The van der Waals surface area contributed by atoms with Crippen LogP contribution in [0.1, 0.15) is 19.4 Å². The summed E-state index contributed by atoms with van der Waals surface area (Å²) >= 11 is 6.25. The molecule has 2 heterocycles. The average molecular weight is 400 g/mol. The zero-order valence-electron chi connectivity index (χ0n) is 16.2. The first-order chi connectivity index (χ1) is 13.2. The van der Waals surface area contributed by atoms with E-state index < -0.39 is 11.0 Å². The van der Waals surface area contributed by atoms with Crippen LogP contribution in [0, 0.1) is 5.41 Å². The molecule has 2 aromatic rings. The Kier molecular flexibility index (Phi) is 4.08. The van der Waals surface area contributed by atoms with Crippen LogP contribution in [0.15, 0.2) is 41.4 Å². The fraction of sp³-hybridized carbons (Fsp3) is 0.333. The molecule has 0 aromatic heterocycles. The second kappa shape index (κ2) is 6.14. The molecule has 0 saturated carbocycles. The molecule has 1 amide bonds. The molecule has 6 nitrogen and oxygen atoms in total. The maximum atomic E-state index is 13.3. The van der Waals surface area contributed by atoms with Crippen LogP contribution < -0.4 is 15.2 Å². The summed E-state index contributed by atoms with van der Waals surface area (Å²) in [7, 11) is 3.24. The minimum absolute atomic E-state index is 0.152. The van der Waals surface area contributed by atoms with Gasteiger partial charge in [-0.05, 0) is 41.5 Å². The lowest BCUT2D eigenvalue weighted by Gasteiger charge is -2.44. The number of benzene rings is 2. The number of rotatable bonds is 2. The SMILES string of the molecule is COc1cc(Cl)cc(-c2ccc3c(c2)C2(N=C(N)N(C)C2=O)C(C)(C)CO3)c1. The third kappa shape index (κ3) is 2.48. The van der Waals surface area contributed by atoms with Crippen molar-refractivity contribution in [2.24, 2.45) is 16.1 Å². The quantitative estimate of drug-likeness (QED) is 0.839. The third-order valence-electron chi connectivity index (χ3n) is 5.62. The van der Waals surface area contributed by atoms with Crippen LogP contribution in [0.3, 0.4) is 0 Å². The van der Waals surface area contributed by atoms with Gasteiger partial charge in [-0.15, -0.1) is 0 Å². The average Bonchev–Trinajstić information content (AvgIpc) is 2.90. The molecule has 0 radical (unpaired) electrons. The zero-order chi connectivity index (χ0) is 20.3. The van der Waals surface area contributed by atoms with Crippen molar-refractivity contribution in [3.05, 3.63) is 47.0 Å². The second-order valence-electron chi connectivity index (χ2n) is 7.81. The van der Waals surface area contributed by atoms with Crippen LogP contribution in [-0.2, 0) is 10.3 Å². The highest BCUT2D eigenvalue weighted by molar-refractivity contribution is 6.31. The number of carbonyl (C=O) groups excluding carboxylic acids is 1. The summed E-state index contributed by atoms with van der Waals surface area (Å²) in [5, 5.41) is 0.567. The number of carbonyl (C=O) groups is 1. The number of likely N-dealkylation sites (N-methyl/N-ethyl adjacent to an activating group) is 1. The number of fused-ring (bicyclic) bond motifs is 2. The van der Waals surface area contributed by atoms with E-state index in [9.17, 15) is 4.79 Å². The molecule has 2 N–H and O–H groups in total. The number of hydrogen-bond donors (Lipinski definition) is 1. The maximum Gasteiger partial charge on any atom is 0.262 e. The molecule has 1 atom stereocenters. The summed E-state index contributed by atoms with van der Waals surface area (Å²) in [6.45, 7) is 4.30. The normalized spacial score (nSPS) is 22.7. The van der Waals surface area contributed by atoms with E-state index in [-0.39, 0.29) is 11.9 Å². The van der Waals surface area contributed by atoms with E-state index in [1.54, 1.807) is 20.2 Å². The molecule has 0 fully saturated rings. The Labute approximate surface area is 168 Å². The van der Waals surface area contributed by atoms with E-state index in [0.29, 0.717) is 28.7 Å². The number of aliphatic imine (C=N–C) groups is 1. The number of guanidine groups is 1. The first-order valence-electron chi connectivity index (χ1n) is 8.95. The highest BCUT2D eigenvalue weighted by atomic mass is 35.5. The number of nitrogens with zero attached hydrogens (tertiary/aromatic N) is 2. The van der Waals surface area contributed by atoms with Crippen LogP contribution in [0.4, 0.5) is 0 Å². The van der Waals surface area contributed by atoms with Crippen LogP contribution in [0.25, 0.3) is 11.1 Å². The smallest absolute Gasteiger partial charge is 0.262 e. The molecule has 146 valence electrons. The van der Waals surface area contributed by atoms with Crippen molar-refractivity contribution in [2.75, 3.05) is 20.8 Å². The topological polar surface area (TPSA) is 77.2 Å². The molecular weight excluding hydrogens is 378 g/mol. The molecule has 28 heavy (non-hydrogen) atoms. The van der Waals surface area contributed by atoms with Crippen molar-refractivity contribution in [2.45, 2.75) is 19.4 Å². The monoisotopic (exact) mass is 399 g/mol. The van der Waals surface area contributed by atoms with Gasteiger partial charge in [0.1, 0.15) is 11.5 Å². The number of ether oxygens (including phenoxy) is 2. The van der Waals surface area contributed by atoms with Gasteiger partial charge in [-0.3, -0.25) is 9.69 Å². The highest BCUT2D eigenvalue weighted by Gasteiger charge is 2.61. The number of amides is 1. The number of nitrogens with two attached hydrogens (primary N) is 1. The molecule has 2 aliphatic rings. The Balaban J connectivity index is 1.95. The van der Waals surface area contributed by atoms with Gasteiger partial charge in [0, 0.05) is 23.0 Å². The molecule has 1 spiro atoms. The fourth-order valence-electron chi connectivity index (χ4n) is 3.95. The van der Waals surface area contributed by atoms with Gasteiger partial charge in [-0.1, -0.05) is 31.5 Å². The first kappa shape index (κ1) is 18.6. The van der Waals surface area contributed by atoms with Crippen LogP contribution in [0.2, 0.25) is 5.02 Å². The fourth-order valence-corrected chi connectivity index (χ4v) is 4.18. The van der Waals surface area contributed by atoms with E-state index in [4.69, 9.17) is 26.8 Å². The standard InChI is InChI=1S/C21H22ClN3O3/c1-20(2)11-28-17-6-5-12(13-7-14(22)10-15(8-13)27-4)9-16(17)21(20)18(26)25(3)19(23)24-21/h5-10H,11H2,1-4H3,(H2,23,24). The van der Waals surface area contributed by atoms with E-state index in [0.717, 1.165) is 11.1 Å². The lowest BCUT2D eigenvalue weighted by molar-refractivity contribution is -0.137. The summed E-state index contributed by atoms with van der Waals surface area (Å²) in [6.07, 6.45) is 0. The molecule has 0 saturated heterocycles. The van der Waals surface area contributed by atoms with Gasteiger partial charge < -0.3 is 15.2 Å².